The lowest BCUT2D eigenvalue weighted by Gasteiger charge is -2.44. The van der Waals surface area contributed by atoms with E-state index in [1.807, 2.05) is 37.8 Å². The molecule has 0 amide bonds. The number of alkyl halides is 3. The van der Waals surface area contributed by atoms with Crippen LogP contribution >= 0.6 is 0 Å². The Balaban J connectivity index is 0. The number of anilines is 2. The Morgan fingerprint density at radius 3 is 2.28 bits per heavy atom. The van der Waals surface area contributed by atoms with Crippen LogP contribution in [0.1, 0.15) is 53.7 Å². The fourth-order valence-corrected chi connectivity index (χ4v) is 5.13. The van der Waals surface area contributed by atoms with Crippen molar-refractivity contribution in [3.05, 3.63) is 63.3 Å². The molecule has 2 aliphatic rings. The minimum absolute atomic E-state index is 0. The van der Waals surface area contributed by atoms with Gasteiger partial charge in [-0.2, -0.15) is 5.06 Å². The molecule has 0 spiro atoms. The van der Waals surface area contributed by atoms with Crippen LogP contribution in [0.2, 0.25) is 0 Å². The lowest BCUT2D eigenvalue weighted by atomic mass is 9.97. The van der Waals surface area contributed by atoms with Gasteiger partial charge in [0.15, 0.2) is 0 Å². The number of hydrogen-bond donors (Lipinski definition) is 2. The van der Waals surface area contributed by atoms with E-state index < -0.39 is 13.6 Å². The van der Waals surface area contributed by atoms with Crippen LogP contribution in [-0.2, 0) is 22.9 Å². The van der Waals surface area contributed by atoms with Crippen molar-refractivity contribution in [2.45, 2.75) is 65.5 Å². The second kappa shape index (κ2) is 18.4. The van der Waals surface area contributed by atoms with Crippen molar-refractivity contribution in [1.29, 1.82) is 0 Å². The van der Waals surface area contributed by atoms with Gasteiger partial charge in [-0.25, -0.2) is 17.6 Å². The number of rotatable bonds is 8. The molecule has 1 fully saturated rings. The molecule has 0 aliphatic carbocycles. The first kappa shape index (κ1) is 37.8. The van der Waals surface area contributed by atoms with Crippen LogP contribution in [0.15, 0.2) is 35.3 Å². The molecule has 246 valence electrons. The van der Waals surface area contributed by atoms with Gasteiger partial charge in [-0.05, 0) is 70.0 Å². The highest BCUT2D eigenvalue weighted by Crippen LogP contribution is 2.36. The molecule has 2 aliphatic heterocycles. The zero-order chi connectivity index (χ0) is 31.4. The Hall–Kier alpha value is -3.26. The van der Waals surface area contributed by atoms with Crippen molar-refractivity contribution >= 4 is 23.7 Å². The van der Waals surface area contributed by atoms with Gasteiger partial charge in [0.05, 0.1) is 17.5 Å². The van der Waals surface area contributed by atoms with Crippen LogP contribution in [-0.4, -0.2) is 85.6 Å². The molecule has 1 aromatic carbocycles. The van der Waals surface area contributed by atoms with E-state index in [2.05, 4.69) is 41.0 Å². The molecule has 2 atom stereocenters. The van der Waals surface area contributed by atoms with Gasteiger partial charge in [-0.1, -0.05) is 6.08 Å². The van der Waals surface area contributed by atoms with Crippen LogP contribution in [0.5, 0.6) is 0 Å². The number of nitrogens with one attached hydrogen (secondary N) is 2. The van der Waals surface area contributed by atoms with Crippen LogP contribution in [0, 0.1) is 5.82 Å². The zero-order valence-corrected chi connectivity index (χ0v) is 25.6. The average Bonchev–Trinajstić information content (AvgIpc) is 2.97. The van der Waals surface area contributed by atoms with Crippen molar-refractivity contribution in [2.24, 2.45) is 0 Å². The molecule has 43 heavy (non-hydrogen) atoms. The number of nitrogens with zero attached hydrogens (tertiary/aromatic N) is 3. The quantitative estimate of drug-likeness (QED) is 0.404. The van der Waals surface area contributed by atoms with Gasteiger partial charge in [0.1, 0.15) is 19.3 Å². The van der Waals surface area contributed by atoms with Crippen LogP contribution in [0.4, 0.5) is 28.9 Å². The maximum absolute atomic E-state index is 15.6. The maximum Gasteiger partial charge on any atom is 0.248 e. The number of carbonyl (C=O) groups is 1. The largest absolute Gasteiger partial charge is 0.412 e. The highest BCUT2D eigenvalue weighted by molar-refractivity contribution is 5.78. The standard InChI is InChI=1S/C28H39F2N5O2.CH2F2.CH2O.H2O.2H2/c1-18(2)37-35-8-6-21(7-9-35)24-11-26(31-14-23-15-32-28(36)10-22(23)13-29)27(12-25(24)30)34-16-19(3)33(5)20(4)17-34;2-1-3;1-2;;;/h6,10-12,15,18-20,31H,7-9,13-14,16-17H2,1-5H3,(H,32,36);1H2;1H2;1H2;2*1H/t19-,20+;;;;;. The molecule has 9 nitrogen and oxygen atoms in total. The van der Waals surface area contributed by atoms with Gasteiger partial charge in [-0.3, -0.25) is 14.5 Å². The molecule has 0 radical (unpaired) electrons. The minimum atomic E-state index is -1.75. The van der Waals surface area contributed by atoms with E-state index in [4.69, 9.17) is 9.63 Å². The van der Waals surface area contributed by atoms with Gasteiger partial charge in [-0.15, -0.1) is 0 Å². The first-order valence-corrected chi connectivity index (χ1v) is 13.9. The Morgan fingerprint density at radius 2 is 1.74 bits per heavy atom. The summed E-state index contributed by atoms with van der Waals surface area (Å²) in [6.45, 7) is 11.0. The molecule has 13 heteroatoms. The lowest BCUT2D eigenvalue weighted by molar-refractivity contribution is -0.181. The summed E-state index contributed by atoms with van der Waals surface area (Å²) in [7, 11) is 2.12. The van der Waals surface area contributed by atoms with E-state index in [9.17, 15) is 18.0 Å². The number of piperazine rings is 1. The average molecular weight is 620 g/mol. The molecule has 0 bridgehead atoms. The van der Waals surface area contributed by atoms with Gasteiger partial charge in [0, 0.05) is 65.5 Å². The number of hydrogen-bond acceptors (Lipinski definition) is 7. The number of H-pyrrole nitrogens is 1. The smallest absolute Gasteiger partial charge is 0.248 e. The molecule has 4 rings (SSSR count). The van der Waals surface area contributed by atoms with E-state index >= 15 is 4.39 Å². The number of halogens is 4. The monoisotopic (exact) mass is 619 g/mol. The molecule has 1 saturated heterocycles. The Bertz CT molecular complexity index is 1230. The third-order valence-corrected chi connectivity index (χ3v) is 7.38. The van der Waals surface area contributed by atoms with Gasteiger partial charge in [0.2, 0.25) is 12.5 Å². The second-order valence-corrected chi connectivity index (χ2v) is 10.6. The lowest BCUT2D eigenvalue weighted by Crippen LogP contribution is -2.55. The first-order chi connectivity index (χ1) is 20.1. The number of pyridine rings is 1. The van der Waals surface area contributed by atoms with Gasteiger partial charge < -0.3 is 25.5 Å². The minimum Gasteiger partial charge on any atom is -0.412 e. The number of likely N-dealkylation sites (N-methyl/N-ethyl adjacent to an activating group) is 1. The fourth-order valence-electron chi connectivity index (χ4n) is 5.13. The number of aromatic nitrogens is 1. The molecule has 2 aromatic rings. The topological polar surface area (TPSA) is 112 Å². The Morgan fingerprint density at radius 1 is 1.12 bits per heavy atom. The van der Waals surface area contributed by atoms with E-state index in [1.54, 1.807) is 12.3 Å². The van der Waals surface area contributed by atoms with Crippen molar-refractivity contribution < 1.29 is 35.5 Å². The highest BCUT2D eigenvalue weighted by Gasteiger charge is 2.29. The van der Waals surface area contributed by atoms with E-state index in [0.29, 0.717) is 54.8 Å². The summed E-state index contributed by atoms with van der Waals surface area (Å²) in [4.78, 5) is 32.6. The third-order valence-electron chi connectivity index (χ3n) is 7.38. The number of carbonyl (C=O) groups excluding carboxylic acids is 1. The molecular formula is C30H49F4N5O4. The Labute approximate surface area is 253 Å². The number of aromatic amines is 1. The molecular weight excluding hydrogens is 570 g/mol. The Kier molecular flexibility index (Phi) is 16.2. The summed E-state index contributed by atoms with van der Waals surface area (Å²) in [6.07, 6.45) is 4.34. The summed E-state index contributed by atoms with van der Waals surface area (Å²) < 4.78 is 48.5. The van der Waals surface area contributed by atoms with E-state index in [-0.39, 0.29) is 25.8 Å². The van der Waals surface area contributed by atoms with Crippen LogP contribution in [0.25, 0.3) is 5.57 Å². The summed E-state index contributed by atoms with van der Waals surface area (Å²) in [5.41, 5.74) is 3.78. The number of hydroxylamine groups is 2. The molecule has 0 saturated carbocycles. The van der Waals surface area contributed by atoms with Crippen LogP contribution < -0.4 is 15.8 Å². The molecule has 0 unspecified atom stereocenters. The number of benzene rings is 1. The zero-order valence-electron chi connectivity index (χ0n) is 25.6. The molecule has 1 aromatic heterocycles. The summed E-state index contributed by atoms with van der Waals surface area (Å²) in [5.74, 6) is -0.252. The fraction of sp³-hybridized carbons (Fsp3) is 0.533. The third kappa shape index (κ3) is 10.4. The summed E-state index contributed by atoms with van der Waals surface area (Å²) >= 11 is 0. The predicted octanol–water partition coefficient (Wildman–Crippen LogP) is 4.92. The second-order valence-electron chi connectivity index (χ2n) is 10.6. The maximum atomic E-state index is 15.6. The van der Waals surface area contributed by atoms with Crippen molar-refractivity contribution in [3.63, 3.8) is 0 Å². The summed E-state index contributed by atoms with van der Waals surface area (Å²) in [5, 5.41) is 5.33. The molecule has 4 N–H and O–H groups in total. The van der Waals surface area contributed by atoms with Gasteiger partial charge in [0.25, 0.3) is 0 Å². The van der Waals surface area contributed by atoms with Crippen molar-refractivity contribution in [3.8, 4) is 0 Å². The van der Waals surface area contributed by atoms with Crippen molar-refractivity contribution in [2.75, 3.05) is 50.4 Å². The summed E-state index contributed by atoms with van der Waals surface area (Å²) in [6, 6.07) is 5.41. The van der Waals surface area contributed by atoms with Crippen LogP contribution in [0.3, 0.4) is 0 Å². The predicted molar refractivity (Wildman–Crippen MR) is 167 cm³/mol. The SMILES string of the molecule is C=O.CC(C)ON1CC=C(c2cc(NCc3c[nH]c(=O)cc3CF)c(N3C[C@@H](C)N(C)[C@@H](C)C3)cc2F)CC1.FCF.O.[HH].[HH]. The molecule has 3 heterocycles. The first-order valence-electron chi connectivity index (χ1n) is 13.9. The normalized spacial score (nSPS) is 18.9. The van der Waals surface area contributed by atoms with Crippen molar-refractivity contribution in [1.82, 2.24) is 14.9 Å². The highest BCUT2D eigenvalue weighted by atomic mass is 19.3. The van der Waals surface area contributed by atoms with E-state index in [1.165, 1.54) is 6.07 Å². The van der Waals surface area contributed by atoms with E-state index in [0.717, 1.165) is 30.0 Å². The van der Waals surface area contributed by atoms with Gasteiger partial charge >= 0.3 is 0 Å².